The molecule has 1 heterocycles. The van der Waals surface area contributed by atoms with E-state index in [2.05, 4.69) is 44.5 Å². The molecule has 1 aliphatic rings. The summed E-state index contributed by atoms with van der Waals surface area (Å²) in [7, 11) is 0. The molecule has 0 unspecified atom stereocenters. The van der Waals surface area contributed by atoms with Gasteiger partial charge in [-0.1, -0.05) is 48.5 Å². The average molecular weight is 420 g/mol. The first-order chi connectivity index (χ1) is 15.2. The molecule has 5 nitrogen and oxygen atoms in total. The van der Waals surface area contributed by atoms with Crippen LogP contribution in [0.4, 0.5) is 4.39 Å². The number of guanidine groups is 1. The molecule has 0 saturated heterocycles. The van der Waals surface area contributed by atoms with Crippen LogP contribution in [0.25, 0.3) is 0 Å². The molecule has 162 valence electrons. The molecule has 0 radical (unpaired) electrons. The molecular formula is C25H30FN5. The molecule has 1 fully saturated rings. The lowest BCUT2D eigenvalue weighted by atomic mass is 9.95. The van der Waals surface area contributed by atoms with Gasteiger partial charge < -0.3 is 15.2 Å². The van der Waals surface area contributed by atoms with Crippen molar-refractivity contribution in [2.45, 2.75) is 38.1 Å². The van der Waals surface area contributed by atoms with Crippen LogP contribution in [0.15, 0.2) is 72.0 Å². The van der Waals surface area contributed by atoms with Crippen LogP contribution in [0.5, 0.6) is 0 Å². The van der Waals surface area contributed by atoms with Crippen molar-refractivity contribution in [2.75, 3.05) is 19.6 Å². The van der Waals surface area contributed by atoms with Gasteiger partial charge in [0.15, 0.2) is 5.96 Å². The summed E-state index contributed by atoms with van der Waals surface area (Å²) in [6, 6.07) is 17.5. The number of hydrogen-bond donors (Lipinski definition) is 2. The highest BCUT2D eigenvalue weighted by Gasteiger charge is 2.45. The van der Waals surface area contributed by atoms with E-state index in [-0.39, 0.29) is 11.2 Å². The van der Waals surface area contributed by atoms with Gasteiger partial charge in [0.05, 0.1) is 6.54 Å². The molecule has 6 heteroatoms. The number of hydrogen-bond acceptors (Lipinski definition) is 2. The monoisotopic (exact) mass is 419 g/mol. The van der Waals surface area contributed by atoms with Crippen molar-refractivity contribution in [2.24, 2.45) is 4.99 Å². The Morgan fingerprint density at radius 2 is 1.87 bits per heavy atom. The summed E-state index contributed by atoms with van der Waals surface area (Å²) < 4.78 is 16.4. The zero-order valence-electron chi connectivity index (χ0n) is 18.0. The fourth-order valence-corrected chi connectivity index (χ4v) is 3.91. The highest BCUT2D eigenvalue weighted by molar-refractivity contribution is 5.79. The first kappa shape index (κ1) is 21.1. The minimum Gasteiger partial charge on any atom is -0.357 e. The van der Waals surface area contributed by atoms with Crippen molar-refractivity contribution in [3.8, 4) is 0 Å². The van der Waals surface area contributed by atoms with Crippen LogP contribution in [0.3, 0.4) is 0 Å². The van der Waals surface area contributed by atoms with Gasteiger partial charge in [-0.05, 0) is 37.0 Å². The topological polar surface area (TPSA) is 54.2 Å². The highest BCUT2D eigenvalue weighted by Crippen LogP contribution is 2.49. The minimum atomic E-state index is -0.153. The van der Waals surface area contributed by atoms with E-state index in [9.17, 15) is 4.39 Å². The van der Waals surface area contributed by atoms with Crippen molar-refractivity contribution in [1.29, 1.82) is 0 Å². The second-order valence-corrected chi connectivity index (χ2v) is 8.09. The van der Waals surface area contributed by atoms with E-state index in [0.717, 1.165) is 56.2 Å². The number of nitrogens with zero attached hydrogens (tertiary/aromatic N) is 3. The quantitative estimate of drug-likeness (QED) is 0.409. The number of nitrogens with one attached hydrogen (secondary N) is 2. The van der Waals surface area contributed by atoms with Gasteiger partial charge in [0, 0.05) is 43.9 Å². The summed E-state index contributed by atoms with van der Waals surface area (Å²) in [4.78, 5) is 9.30. The number of halogens is 1. The van der Waals surface area contributed by atoms with Gasteiger partial charge >= 0.3 is 0 Å². The van der Waals surface area contributed by atoms with Gasteiger partial charge in [-0.25, -0.2) is 9.37 Å². The van der Waals surface area contributed by atoms with Crippen molar-refractivity contribution >= 4 is 5.96 Å². The first-order valence-electron chi connectivity index (χ1n) is 11.0. The zero-order valence-corrected chi connectivity index (χ0v) is 18.0. The highest BCUT2D eigenvalue weighted by atomic mass is 19.1. The van der Waals surface area contributed by atoms with Gasteiger partial charge in [0.1, 0.15) is 11.6 Å². The number of benzene rings is 2. The van der Waals surface area contributed by atoms with Crippen LogP contribution >= 0.6 is 0 Å². The predicted octanol–water partition coefficient (Wildman–Crippen LogP) is 3.90. The number of aromatic nitrogens is 2. The normalized spacial score (nSPS) is 15.0. The SMILES string of the molecule is CCNC(=NCC1(c2ccccc2F)CC1)NCCc1nccn1Cc1ccccc1. The van der Waals surface area contributed by atoms with E-state index in [1.807, 2.05) is 37.5 Å². The minimum absolute atomic E-state index is 0.126. The predicted molar refractivity (Wildman–Crippen MR) is 123 cm³/mol. The Morgan fingerprint density at radius 3 is 2.61 bits per heavy atom. The summed E-state index contributed by atoms with van der Waals surface area (Å²) in [5.41, 5.74) is 1.89. The summed E-state index contributed by atoms with van der Waals surface area (Å²) in [5.74, 6) is 1.68. The van der Waals surface area contributed by atoms with E-state index in [0.29, 0.717) is 6.54 Å². The maximum Gasteiger partial charge on any atom is 0.191 e. The van der Waals surface area contributed by atoms with Crippen molar-refractivity contribution < 1.29 is 4.39 Å². The molecular weight excluding hydrogens is 389 g/mol. The first-order valence-corrected chi connectivity index (χ1v) is 11.0. The Bertz CT molecular complexity index is 1010. The fourth-order valence-electron chi connectivity index (χ4n) is 3.91. The number of imidazole rings is 1. The standard InChI is InChI=1S/C25H30FN5/c1-2-27-24(30-19-25(13-14-25)21-10-6-7-11-22(21)26)29-15-12-23-28-16-17-31(23)18-20-8-4-3-5-9-20/h3-11,16-17H,2,12-15,18-19H2,1H3,(H2,27,29,30). The van der Waals surface area contributed by atoms with Crippen LogP contribution in [-0.4, -0.2) is 35.1 Å². The van der Waals surface area contributed by atoms with Gasteiger partial charge in [-0.3, -0.25) is 4.99 Å². The largest absolute Gasteiger partial charge is 0.357 e. The van der Waals surface area contributed by atoms with Gasteiger partial charge in [0.25, 0.3) is 0 Å². The zero-order chi connectivity index (χ0) is 21.5. The van der Waals surface area contributed by atoms with Crippen LogP contribution in [-0.2, 0) is 18.4 Å². The Kier molecular flexibility index (Phi) is 6.65. The fraction of sp³-hybridized carbons (Fsp3) is 0.360. The Morgan fingerprint density at radius 1 is 1.10 bits per heavy atom. The molecule has 3 aromatic rings. The van der Waals surface area contributed by atoms with Gasteiger partial charge in [0.2, 0.25) is 0 Å². The Balaban J connectivity index is 1.35. The lowest BCUT2D eigenvalue weighted by Crippen LogP contribution is -2.39. The molecule has 0 aliphatic heterocycles. The van der Waals surface area contributed by atoms with Crippen molar-refractivity contribution in [3.05, 3.63) is 89.8 Å². The summed E-state index contributed by atoms with van der Waals surface area (Å²) in [6.45, 7) is 4.96. The molecule has 1 aliphatic carbocycles. The van der Waals surface area contributed by atoms with Crippen molar-refractivity contribution in [3.63, 3.8) is 0 Å². The molecule has 0 bridgehead atoms. The third kappa shape index (κ3) is 5.32. The van der Waals surface area contributed by atoms with Crippen LogP contribution in [0.1, 0.15) is 36.7 Å². The Hall–Kier alpha value is -3.15. The third-order valence-electron chi connectivity index (χ3n) is 5.82. The maximum absolute atomic E-state index is 14.3. The van der Waals surface area contributed by atoms with E-state index in [4.69, 9.17) is 4.99 Å². The summed E-state index contributed by atoms with van der Waals surface area (Å²) >= 11 is 0. The lowest BCUT2D eigenvalue weighted by Gasteiger charge is -2.16. The molecule has 0 atom stereocenters. The van der Waals surface area contributed by atoms with E-state index in [1.165, 1.54) is 5.56 Å². The Labute approximate surface area is 183 Å². The average Bonchev–Trinajstić information content (AvgIpc) is 3.45. The van der Waals surface area contributed by atoms with Gasteiger partial charge in [-0.2, -0.15) is 0 Å². The molecule has 31 heavy (non-hydrogen) atoms. The molecule has 2 aromatic carbocycles. The summed E-state index contributed by atoms with van der Waals surface area (Å²) in [6.07, 6.45) is 6.62. The summed E-state index contributed by atoms with van der Waals surface area (Å²) in [5, 5.41) is 6.71. The number of aliphatic imine (C=N–C) groups is 1. The molecule has 1 aromatic heterocycles. The van der Waals surface area contributed by atoms with Crippen LogP contribution in [0.2, 0.25) is 0 Å². The molecule has 1 saturated carbocycles. The second kappa shape index (κ2) is 9.77. The number of rotatable bonds is 9. The van der Waals surface area contributed by atoms with Crippen molar-refractivity contribution in [1.82, 2.24) is 20.2 Å². The van der Waals surface area contributed by atoms with E-state index in [1.54, 1.807) is 12.1 Å². The van der Waals surface area contributed by atoms with Crippen LogP contribution in [0, 0.1) is 5.82 Å². The van der Waals surface area contributed by atoms with E-state index >= 15 is 0 Å². The van der Waals surface area contributed by atoms with Gasteiger partial charge in [-0.15, -0.1) is 0 Å². The molecule has 2 N–H and O–H groups in total. The third-order valence-corrected chi connectivity index (χ3v) is 5.82. The smallest absolute Gasteiger partial charge is 0.191 e. The molecule has 0 spiro atoms. The second-order valence-electron chi connectivity index (χ2n) is 8.09. The van der Waals surface area contributed by atoms with E-state index < -0.39 is 0 Å². The molecule has 4 rings (SSSR count). The van der Waals surface area contributed by atoms with Crippen LogP contribution < -0.4 is 10.6 Å². The lowest BCUT2D eigenvalue weighted by molar-refractivity contribution is 0.572. The molecule has 0 amide bonds. The maximum atomic E-state index is 14.3.